The summed E-state index contributed by atoms with van der Waals surface area (Å²) in [6, 6.07) is 9.78. The monoisotopic (exact) mass is 384 g/mol. The predicted molar refractivity (Wildman–Crippen MR) is 109 cm³/mol. The fourth-order valence-corrected chi connectivity index (χ4v) is 5.65. The molecule has 0 aliphatic carbocycles. The molecular formula is C20H20N2O2S2. The van der Waals surface area contributed by atoms with Crippen LogP contribution in [0.15, 0.2) is 42.7 Å². The van der Waals surface area contributed by atoms with Gasteiger partial charge >= 0.3 is 0 Å². The third-order valence-electron chi connectivity index (χ3n) is 4.47. The second kappa shape index (κ2) is 7.21. The number of aryl methyl sites for hydroxylation is 1. The van der Waals surface area contributed by atoms with Crippen molar-refractivity contribution in [3.63, 3.8) is 0 Å². The van der Waals surface area contributed by atoms with E-state index in [4.69, 9.17) is 4.74 Å². The van der Waals surface area contributed by atoms with E-state index in [9.17, 15) is 4.79 Å². The first-order valence-corrected chi connectivity index (χ1v) is 10.5. The first-order valence-electron chi connectivity index (χ1n) is 8.49. The molecule has 0 saturated heterocycles. The minimum atomic E-state index is -0.0676. The van der Waals surface area contributed by atoms with Crippen LogP contribution < -0.4 is 10.1 Å². The molecule has 1 aliphatic rings. The van der Waals surface area contributed by atoms with Crippen molar-refractivity contribution in [2.45, 2.75) is 19.1 Å². The van der Waals surface area contributed by atoms with E-state index < -0.39 is 0 Å². The lowest BCUT2D eigenvalue weighted by Gasteiger charge is -2.15. The van der Waals surface area contributed by atoms with Crippen LogP contribution in [0.25, 0.3) is 5.00 Å². The number of ether oxygens (including phenoxy) is 1. The zero-order chi connectivity index (χ0) is 18.1. The molecule has 134 valence electrons. The Hall–Kier alpha value is -2.18. The number of nitrogens with one attached hydrogen (secondary N) is 1. The van der Waals surface area contributed by atoms with Crippen molar-refractivity contribution in [2.75, 3.05) is 18.2 Å². The maximum atomic E-state index is 13.3. The van der Waals surface area contributed by atoms with E-state index >= 15 is 0 Å². The van der Waals surface area contributed by atoms with Crippen LogP contribution in [0.4, 0.5) is 5.69 Å². The number of amides is 1. The molecule has 0 unspecified atom stereocenters. The summed E-state index contributed by atoms with van der Waals surface area (Å²) in [6.07, 6.45) is 4.92. The number of carbonyl (C=O) groups is 1. The molecule has 0 radical (unpaired) electrons. The lowest BCUT2D eigenvalue weighted by Crippen LogP contribution is -2.17. The Morgan fingerprint density at radius 2 is 2.08 bits per heavy atom. The Morgan fingerprint density at radius 3 is 2.85 bits per heavy atom. The van der Waals surface area contributed by atoms with Gasteiger partial charge in [0.1, 0.15) is 10.8 Å². The number of hydrogen-bond acceptors (Lipinski definition) is 4. The molecular weight excluding hydrogens is 364 g/mol. The summed E-state index contributed by atoms with van der Waals surface area (Å²) >= 11 is 3.65. The lowest BCUT2D eigenvalue weighted by atomic mass is 10.1. The summed E-state index contributed by atoms with van der Waals surface area (Å²) < 4.78 is 7.45. The highest BCUT2D eigenvalue weighted by Crippen LogP contribution is 2.39. The number of thiophene rings is 1. The predicted octanol–water partition coefficient (Wildman–Crippen LogP) is 4.90. The van der Waals surface area contributed by atoms with Crippen LogP contribution in [0.1, 0.15) is 26.4 Å². The summed E-state index contributed by atoms with van der Waals surface area (Å²) in [4.78, 5) is 14.6. The van der Waals surface area contributed by atoms with Gasteiger partial charge in [0.25, 0.3) is 5.91 Å². The van der Waals surface area contributed by atoms with Crippen molar-refractivity contribution in [2.24, 2.45) is 0 Å². The van der Waals surface area contributed by atoms with Gasteiger partial charge in [-0.2, -0.15) is 11.8 Å². The zero-order valence-electron chi connectivity index (χ0n) is 14.7. The molecule has 26 heavy (non-hydrogen) atoms. The van der Waals surface area contributed by atoms with Crippen molar-refractivity contribution in [1.82, 2.24) is 4.57 Å². The van der Waals surface area contributed by atoms with Crippen molar-refractivity contribution in [3.05, 3.63) is 64.3 Å². The van der Waals surface area contributed by atoms with Crippen LogP contribution in [-0.2, 0) is 12.2 Å². The Labute approximate surface area is 161 Å². The average molecular weight is 385 g/mol. The molecule has 1 amide bonds. The number of aromatic nitrogens is 1. The molecule has 0 spiro atoms. The third kappa shape index (κ3) is 3.15. The Morgan fingerprint density at radius 1 is 1.27 bits per heavy atom. The summed E-state index contributed by atoms with van der Waals surface area (Å²) in [5, 5.41) is 4.07. The van der Waals surface area contributed by atoms with E-state index in [0.717, 1.165) is 34.1 Å². The standard InChI is InChI=1S/C20H20N2O2S2/c1-13-5-6-16(24-2)15(11-13)21-19(23)18-14-7-10-25-12-17(14)26-20(18)22-8-3-4-9-22/h3-6,8-9,11H,7,10,12H2,1-2H3,(H,21,23). The maximum Gasteiger partial charge on any atom is 0.259 e. The van der Waals surface area contributed by atoms with Gasteiger partial charge in [0.2, 0.25) is 0 Å². The van der Waals surface area contributed by atoms with Gasteiger partial charge in [-0.15, -0.1) is 11.3 Å². The van der Waals surface area contributed by atoms with E-state index in [1.807, 2.05) is 66.0 Å². The molecule has 1 aromatic carbocycles. The van der Waals surface area contributed by atoms with Crippen LogP contribution in [-0.4, -0.2) is 23.3 Å². The van der Waals surface area contributed by atoms with Crippen molar-refractivity contribution >= 4 is 34.7 Å². The zero-order valence-corrected chi connectivity index (χ0v) is 16.4. The highest BCUT2D eigenvalue weighted by Gasteiger charge is 2.26. The minimum Gasteiger partial charge on any atom is -0.495 e. The highest BCUT2D eigenvalue weighted by atomic mass is 32.2. The molecule has 1 aliphatic heterocycles. The molecule has 4 nitrogen and oxygen atoms in total. The largest absolute Gasteiger partial charge is 0.495 e. The number of fused-ring (bicyclic) bond motifs is 1. The molecule has 0 fully saturated rings. The average Bonchev–Trinajstić information content (AvgIpc) is 3.29. The molecule has 1 N–H and O–H groups in total. The van der Waals surface area contributed by atoms with Crippen LogP contribution in [0.3, 0.4) is 0 Å². The number of hydrogen-bond donors (Lipinski definition) is 1. The Balaban J connectivity index is 1.76. The van der Waals surface area contributed by atoms with Crippen LogP contribution in [0, 0.1) is 6.92 Å². The third-order valence-corrected chi connectivity index (χ3v) is 6.88. The molecule has 4 rings (SSSR count). The fourth-order valence-electron chi connectivity index (χ4n) is 3.21. The van der Waals surface area contributed by atoms with Gasteiger partial charge in [-0.25, -0.2) is 0 Å². The number of rotatable bonds is 4. The molecule has 3 aromatic rings. The fraction of sp³-hybridized carbons (Fsp3) is 0.250. The summed E-state index contributed by atoms with van der Waals surface area (Å²) in [6.45, 7) is 2.00. The van der Waals surface area contributed by atoms with Crippen molar-refractivity contribution < 1.29 is 9.53 Å². The van der Waals surface area contributed by atoms with E-state index in [2.05, 4.69) is 5.32 Å². The number of carbonyl (C=O) groups excluding carboxylic acids is 1. The lowest BCUT2D eigenvalue weighted by molar-refractivity contribution is 0.102. The number of methoxy groups -OCH3 is 1. The molecule has 3 heterocycles. The second-order valence-corrected chi connectivity index (χ2v) is 8.42. The molecule has 0 saturated carbocycles. The summed E-state index contributed by atoms with van der Waals surface area (Å²) in [5.41, 5.74) is 3.78. The van der Waals surface area contributed by atoms with Crippen LogP contribution >= 0.6 is 23.1 Å². The van der Waals surface area contributed by atoms with Gasteiger partial charge in [-0.05, 0) is 54.5 Å². The molecule has 6 heteroatoms. The maximum absolute atomic E-state index is 13.3. The van der Waals surface area contributed by atoms with Gasteiger partial charge < -0.3 is 14.6 Å². The van der Waals surface area contributed by atoms with Crippen LogP contribution in [0.5, 0.6) is 5.75 Å². The number of thioether (sulfide) groups is 1. The summed E-state index contributed by atoms with van der Waals surface area (Å²) in [5.74, 6) is 2.64. The number of benzene rings is 1. The SMILES string of the molecule is COc1ccc(C)cc1NC(=O)c1c(-n2cccc2)sc2c1CCSC2. The topological polar surface area (TPSA) is 43.3 Å². The van der Waals surface area contributed by atoms with Gasteiger partial charge in [0, 0.05) is 23.0 Å². The smallest absolute Gasteiger partial charge is 0.259 e. The van der Waals surface area contributed by atoms with E-state index in [1.165, 1.54) is 10.4 Å². The molecule has 0 atom stereocenters. The highest BCUT2D eigenvalue weighted by molar-refractivity contribution is 7.98. The van der Waals surface area contributed by atoms with Gasteiger partial charge in [-0.1, -0.05) is 6.07 Å². The van der Waals surface area contributed by atoms with Crippen molar-refractivity contribution in [1.29, 1.82) is 0 Å². The number of anilines is 1. The van der Waals surface area contributed by atoms with Crippen LogP contribution in [0.2, 0.25) is 0 Å². The normalized spacial score (nSPS) is 13.3. The quantitative estimate of drug-likeness (QED) is 0.696. The molecule has 2 aromatic heterocycles. The van der Waals surface area contributed by atoms with Gasteiger partial charge in [0.05, 0.1) is 18.4 Å². The van der Waals surface area contributed by atoms with Crippen molar-refractivity contribution in [3.8, 4) is 10.8 Å². The Bertz CT molecular complexity index is 945. The van der Waals surface area contributed by atoms with E-state index in [1.54, 1.807) is 18.4 Å². The molecule has 0 bridgehead atoms. The first-order chi connectivity index (χ1) is 12.7. The second-order valence-electron chi connectivity index (χ2n) is 6.23. The number of nitrogens with zero attached hydrogens (tertiary/aromatic N) is 1. The van der Waals surface area contributed by atoms with Gasteiger partial charge in [-0.3, -0.25) is 4.79 Å². The first kappa shape index (κ1) is 17.2. The Kier molecular flexibility index (Phi) is 4.78. The minimum absolute atomic E-state index is 0.0676. The van der Waals surface area contributed by atoms with E-state index in [0.29, 0.717) is 11.4 Å². The van der Waals surface area contributed by atoms with E-state index in [-0.39, 0.29) is 5.91 Å². The summed E-state index contributed by atoms with van der Waals surface area (Å²) in [7, 11) is 1.62. The van der Waals surface area contributed by atoms with Gasteiger partial charge in [0.15, 0.2) is 0 Å².